The first-order valence-electron chi connectivity index (χ1n) is 2.97. The van der Waals surface area contributed by atoms with E-state index in [9.17, 15) is 0 Å². The first kappa shape index (κ1) is 7.11. The van der Waals surface area contributed by atoms with Gasteiger partial charge in [-0.2, -0.15) is 0 Å². The highest BCUT2D eigenvalue weighted by molar-refractivity contribution is 4.95. The predicted molar refractivity (Wildman–Crippen MR) is 35.9 cm³/mol. The van der Waals surface area contributed by atoms with Crippen LogP contribution in [0, 0.1) is 0 Å². The molecule has 0 fully saturated rings. The van der Waals surface area contributed by atoms with Gasteiger partial charge >= 0.3 is 0 Å². The Hall–Kier alpha value is -1.00. The van der Waals surface area contributed by atoms with Crippen molar-refractivity contribution in [2.75, 3.05) is 0 Å². The Morgan fingerprint density at radius 1 is 1.60 bits per heavy atom. The highest BCUT2D eigenvalue weighted by atomic mass is 16.3. The Balaban J connectivity index is 2.59. The summed E-state index contributed by atoms with van der Waals surface area (Å²) in [6.45, 7) is 0. The normalized spacial score (nSPS) is 13.0. The SMILES string of the molecule is NC(O)Cc1cnccn1. The van der Waals surface area contributed by atoms with Crippen LogP contribution in [0.25, 0.3) is 0 Å². The van der Waals surface area contributed by atoms with Crippen LogP contribution in [0.3, 0.4) is 0 Å². The molecule has 4 nitrogen and oxygen atoms in total. The maximum Gasteiger partial charge on any atom is 0.108 e. The first-order valence-corrected chi connectivity index (χ1v) is 2.97. The summed E-state index contributed by atoms with van der Waals surface area (Å²) in [7, 11) is 0. The lowest BCUT2D eigenvalue weighted by atomic mass is 10.3. The lowest BCUT2D eigenvalue weighted by Crippen LogP contribution is -2.21. The molecule has 1 aromatic rings. The van der Waals surface area contributed by atoms with Crippen molar-refractivity contribution in [1.29, 1.82) is 0 Å². The number of hydrogen-bond acceptors (Lipinski definition) is 4. The molecule has 10 heavy (non-hydrogen) atoms. The zero-order chi connectivity index (χ0) is 7.40. The van der Waals surface area contributed by atoms with Gasteiger partial charge in [0.15, 0.2) is 0 Å². The molecule has 1 unspecified atom stereocenters. The number of hydrogen-bond donors (Lipinski definition) is 2. The second kappa shape index (κ2) is 3.24. The minimum atomic E-state index is -0.836. The van der Waals surface area contributed by atoms with E-state index in [0.717, 1.165) is 0 Å². The van der Waals surface area contributed by atoms with E-state index < -0.39 is 6.23 Å². The average Bonchev–Trinajstić information content (AvgIpc) is 1.88. The summed E-state index contributed by atoms with van der Waals surface area (Å²) in [6.07, 6.45) is 4.24. The molecule has 0 aliphatic carbocycles. The summed E-state index contributed by atoms with van der Waals surface area (Å²) < 4.78 is 0. The molecule has 4 heteroatoms. The molecular weight excluding hydrogens is 130 g/mol. The van der Waals surface area contributed by atoms with Crippen LogP contribution < -0.4 is 5.73 Å². The van der Waals surface area contributed by atoms with Crippen LogP contribution in [0.4, 0.5) is 0 Å². The highest BCUT2D eigenvalue weighted by Gasteiger charge is 1.98. The zero-order valence-corrected chi connectivity index (χ0v) is 5.44. The van der Waals surface area contributed by atoms with Crippen LogP contribution >= 0.6 is 0 Å². The average molecular weight is 139 g/mol. The van der Waals surface area contributed by atoms with Crippen molar-refractivity contribution in [3.05, 3.63) is 24.3 Å². The summed E-state index contributed by atoms with van der Waals surface area (Å²) >= 11 is 0. The first-order chi connectivity index (χ1) is 4.79. The van der Waals surface area contributed by atoms with E-state index >= 15 is 0 Å². The van der Waals surface area contributed by atoms with Crippen molar-refractivity contribution in [1.82, 2.24) is 9.97 Å². The molecule has 0 spiro atoms. The minimum absolute atomic E-state index is 0.355. The third-order valence-electron chi connectivity index (χ3n) is 1.03. The van der Waals surface area contributed by atoms with Gasteiger partial charge in [0.2, 0.25) is 0 Å². The minimum Gasteiger partial charge on any atom is -0.378 e. The van der Waals surface area contributed by atoms with E-state index in [0.29, 0.717) is 12.1 Å². The second-order valence-electron chi connectivity index (χ2n) is 1.97. The molecule has 1 aromatic heterocycles. The van der Waals surface area contributed by atoms with Crippen LogP contribution in [-0.2, 0) is 6.42 Å². The quantitative estimate of drug-likeness (QED) is 0.531. The van der Waals surface area contributed by atoms with Gasteiger partial charge in [0.1, 0.15) is 6.23 Å². The maximum atomic E-state index is 8.72. The molecule has 0 aromatic carbocycles. The van der Waals surface area contributed by atoms with Gasteiger partial charge in [0.05, 0.1) is 5.69 Å². The molecule has 0 radical (unpaired) electrons. The van der Waals surface area contributed by atoms with Crippen LogP contribution in [-0.4, -0.2) is 21.3 Å². The van der Waals surface area contributed by atoms with E-state index in [4.69, 9.17) is 10.8 Å². The van der Waals surface area contributed by atoms with Gasteiger partial charge in [-0.3, -0.25) is 9.97 Å². The van der Waals surface area contributed by atoms with Gasteiger partial charge < -0.3 is 10.8 Å². The Kier molecular flexibility index (Phi) is 2.30. The fourth-order valence-corrected chi connectivity index (χ4v) is 0.650. The third-order valence-corrected chi connectivity index (χ3v) is 1.03. The van der Waals surface area contributed by atoms with Gasteiger partial charge in [0.25, 0.3) is 0 Å². The summed E-state index contributed by atoms with van der Waals surface area (Å²) in [5.74, 6) is 0. The molecule has 0 aliphatic rings. The van der Waals surface area contributed by atoms with Crippen molar-refractivity contribution < 1.29 is 5.11 Å². The van der Waals surface area contributed by atoms with Gasteiger partial charge in [-0.1, -0.05) is 0 Å². The van der Waals surface area contributed by atoms with Crippen LogP contribution in [0.5, 0.6) is 0 Å². The number of aliphatic hydroxyl groups excluding tert-OH is 1. The van der Waals surface area contributed by atoms with Crippen molar-refractivity contribution >= 4 is 0 Å². The monoisotopic (exact) mass is 139 g/mol. The molecule has 0 saturated carbocycles. The number of aromatic nitrogens is 2. The van der Waals surface area contributed by atoms with Crippen molar-refractivity contribution in [3.63, 3.8) is 0 Å². The standard InChI is InChI=1S/C6H9N3O/c7-6(10)3-5-4-8-1-2-9-5/h1-2,4,6,10H,3,7H2. The molecule has 0 amide bonds. The van der Waals surface area contributed by atoms with Crippen LogP contribution in [0.15, 0.2) is 18.6 Å². The molecule has 1 heterocycles. The summed E-state index contributed by atoms with van der Waals surface area (Å²) in [5.41, 5.74) is 5.82. The Morgan fingerprint density at radius 3 is 2.90 bits per heavy atom. The fraction of sp³-hybridized carbons (Fsp3) is 0.333. The second-order valence-corrected chi connectivity index (χ2v) is 1.97. The van der Waals surface area contributed by atoms with Crippen molar-refractivity contribution in [2.24, 2.45) is 5.73 Å². The van der Waals surface area contributed by atoms with E-state index in [-0.39, 0.29) is 0 Å². The van der Waals surface area contributed by atoms with Crippen molar-refractivity contribution in [2.45, 2.75) is 12.6 Å². The largest absolute Gasteiger partial charge is 0.378 e. The van der Waals surface area contributed by atoms with Gasteiger partial charge in [-0.15, -0.1) is 0 Å². The lowest BCUT2D eigenvalue weighted by Gasteiger charge is -2.00. The van der Waals surface area contributed by atoms with Crippen LogP contribution in [0.1, 0.15) is 5.69 Å². The summed E-state index contributed by atoms with van der Waals surface area (Å²) in [5, 5.41) is 8.72. The predicted octanol–water partition coefficient (Wildman–Crippen LogP) is -0.704. The maximum absolute atomic E-state index is 8.72. The third kappa shape index (κ3) is 2.08. The topological polar surface area (TPSA) is 72.0 Å². The molecule has 1 atom stereocenters. The molecule has 0 aliphatic heterocycles. The molecule has 0 bridgehead atoms. The van der Waals surface area contributed by atoms with Gasteiger partial charge in [-0.05, 0) is 0 Å². The molecule has 3 N–H and O–H groups in total. The van der Waals surface area contributed by atoms with E-state index in [1.54, 1.807) is 18.6 Å². The molecular formula is C6H9N3O. The number of aliphatic hydroxyl groups is 1. The fourth-order valence-electron chi connectivity index (χ4n) is 0.650. The Morgan fingerprint density at radius 2 is 2.40 bits per heavy atom. The number of nitrogens with zero attached hydrogens (tertiary/aromatic N) is 2. The van der Waals surface area contributed by atoms with Gasteiger partial charge in [-0.25, -0.2) is 0 Å². The van der Waals surface area contributed by atoms with Crippen molar-refractivity contribution in [3.8, 4) is 0 Å². The smallest absolute Gasteiger partial charge is 0.108 e. The number of nitrogens with two attached hydrogens (primary N) is 1. The molecule has 1 rings (SSSR count). The molecule has 0 saturated heterocycles. The van der Waals surface area contributed by atoms with Gasteiger partial charge in [0, 0.05) is 25.0 Å². The van der Waals surface area contributed by atoms with E-state index in [1.165, 1.54) is 0 Å². The van der Waals surface area contributed by atoms with E-state index in [2.05, 4.69) is 9.97 Å². The Bertz CT molecular complexity index is 187. The van der Waals surface area contributed by atoms with Crippen LogP contribution in [0.2, 0.25) is 0 Å². The highest BCUT2D eigenvalue weighted by Crippen LogP contribution is 1.91. The van der Waals surface area contributed by atoms with E-state index in [1.807, 2.05) is 0 Å². The summed E-state index contributed by atoms with van der Waals surface area (Å²) in [6, 6.07) is 0. The lowest BCUT2D eigenvalue weighted by molar-refractivity contribution is 0.181. The molecule has 54 valence electrons. The zero-order valence-electron chi connectivity index (χ0n) is 5.44. The Labute approximate surface area is 58.7 Å². The summed E-state index contributed by atoms with van der Waals surface area (Å²) in [4.78, 5) is 7.72. The number of rotatable bonds is 2.